The number of carbonyl (C=O) groups is 2. The van der Waals surface area contributed by atoms with E-state index in [1.54, 1.807) is 6.92 Å². The monoisotopic (exact) mass is 470 g/mol. The minimum Gasteiger partial charge on any atom is -0.321 e. The number of halogens is 1. The lowest BCUT2D eigenvalue weighted by Gasteiger charge is -2.23. The Kier molecular flexibility index (Phi) is 13.8. The normalized spacial score (nSPS) is 26.0. The summed E-state index contributed by atoms with van der Waals surface area (Å²) in [6.07, 6.45) is 2.01. The Morgan fingerprint density at radius 1 is 1.11 bits per heavy atom. The first kappa shape index (κ1) is 27.4. The van der Waals surface area contributed by atoms with Crippen LogP contribution in [0.25, 0.3) is 0 Å². The molecule has 0 spiro atoms. The Balaban J connectivity index is 0.000000428. The maximum Gasteiger partial charge on any atom is 0.235 e. The third-order valence-electron chi connectivity index (χ3n) is 4.46. The predicted octanol–water partition coefficient (Wildman–Crippen LogP) is 6.05. The number of amides is 2. The van der Waals surface area contributed by atoms with Crippen LogP contribution in [-0.4, -0.2) is 47.6 Å². The molecule has 0 saturated carbocycles. The molecule has 2 heterocycles. The van der Waals surface area contributed by atoms with Crippen molar-refractivity contribution in [3.8, 4) is 0 Å². The zero-order valence-electron chi connectivity index (χ0n) is 17.4. The summed E-state index contributed by atoms with van der Waals surface area (Å²) in [5.41, 5.74) is 0.733. The van der Waals surface area contributed by atoms with Gasteiger partial charge >= 0.3 is 0 Å². The van der Waals surface area contributed by atoms with Gasteiger partial charge in [-0.25, -0.2) is 0 Å². The van der Waals surface area contributed by atoms with E-state index in [1.807, 2.05) is 30.1 Å². The fraction of sp³-hybridized carbons (Fsp3) is 0.667. The molecule has 0 aromatic heterocycles. The molecular weight excluding hydrogens is 436 g/mol. The van der Waals surface area contributed by atoms with Crippen LogP contribution < -0.4 is 0 Å². The fourth-order valence-corrected chi connectivity index (χ4v) is 7.16. The van der Waals surface area contributed by atoms with E-state index in [2.05, 4.69) is 26.5 Å². The molecule has 4 nitrogen and oxygen atoms in total. The summed E-state index contributed by atoms with van der Waals surface area (Å²) in [5, 5.41) is 0.639. The van der Waals surface area contributed by atoms with Crippen molar-refractivity contribution in [2.45, 2.75) is 40.5 Å². The van der Waals surface area contributed by atoms with Crippen LogP contribution in [0.4, 0.5) is 0 Å². The maximum absolute atomic E-state index is 11.9. The van der Waals surface area contributed by atoms with Crippen molar-refractivity contribution >= 4 is 56.8 Å². The zero-order valence-corrected chi connectivity index (χ0v) is 22.2. The molecule has 27 heavy (non-hydrogen) atoms. The standard InChI is InChI=1S/C9H17NOP2.C6H13NOP2.C3H5Cl/c1-7(2)9(3)5-6-10(8(9)11)13-12-4;1-5-3-4-7(6(5)8)10-9-2;1-3(2)4/h12-13H,1,5-6H2,2-4H3;5,9-10H,3-4H2,1-2H3;1H2,2H3. The molecule has 156 valence electrons. The van der Waals surface area contributed by atoms with Gasteiger partial charge in [-0.2, -0.15) is 0 Å². The lowest BCUT2D eigenvalue weighted by Crippen LogP contribution is -2.28. The number of nitrogens with zero attached hydrogens (tertiary/aromatic N) is 2. The summed E-state index contributed by atoms with van der Waals surface area (Å²) in [7, 11) is 3.18. The number of carbonyl (C=O) groups excluding carboxylic acids is 2. The van der Waals surface area contributed by atoms with Crippen LogP contribution in [0.5, 0.6) is 0 Å². The first-order valence-corrected chi connectivity index (χ1v) is 16.2. The van der Waals surface area contributed by atoms with Crippen molar-refractivity contribution in [3.63, 3.8) is 0 Å². The average Bonchev–Trinajstić information content (AvgIpc) is 3.05. The van der Waals surface area contributed by atoms with E-state index >= 15 is 0 Å². The van der Waals surface area contributed by atoms with Crippen molar-refractivity contribution < 1.29 is 9.59 Å². The molecule has 2 rings (SSSR count). The van der Waals surface area contributed by atoms with Gasteiger partial charge in [0.2, 0.25) is 11.8 Å². The van der Waals surface area contributed by atoms with E-state index in [4.69, 9.17) is 11.6 Å². The van der Waals surface area contributed by atoms with Gasteiger partial charge in [0.1, 0.15) is 0 Å². The highest BCUT2D eigenvalue weighted by Gasteiger charge is 2.42. The second-order valence-corrected chi connectivity index (χ2v) is 14.4. The van der Waals surface area contributed by atoms with Gasteiger partial charge in [0.05, 0.1) is 5.41 Å². The van der Waals surface area contributed by atoms with E-state index in [1.165, 1.54) is 0 Å². The van der Waals surface area contributed by atoms with Crippen LogP contribution in [0.1, 0.15) is 40.5 Å². The molecule has 6 unspecified atom stereocenters. The van der Waals surface area contributed by atoms with Crippen LogP contribution in [-0.2, 0) is 9.59 Å². The summed E-state index contributed by atoms with van der Waals surface area (Å²) in [6.45, 7) is 21.2. The third kappa shape index (κ3) is 9.19. The molecule has 9 heteroatoms. The number of rotatable bonds is 5. The molecule has 2 aliphatic heterocycles. The predicted molar refractivity (Wildman–Crippen MR) is 131 cm³/mol. The largest absolute Gasteiger partial charge is 0.321 e. The van der Waals surface area contributed by atoms with Gasteiger partial charge in [-0.05, 0) is 46.9 Å². The van der Waals surface area contributed by atoms with Crippen molar-refractivity contribution in [1.82, 2.24) is 9.34 Å². The molecule has 0 aromatic rings. The molecule has 2 fully saturated rings. The minimum absolute atomic E-state index is 0.271. The van der Waals surface area contributed by atoms with Crippen molar-refractivity contribution in [2.75, 3.05) is 26.4 Å². The summed E-state index contributed by atoms with van der Waals surface area (Å²) in [5.74, 6) is 0.948. The highest BCUT2D eigenvalue weighted by molar-refractivity contribution is 8.10. The van der Waals surface area contributed by atoms with Crippen LogP contribution in [0.2, 0.25) is 0 Å². The zero-order chi connectivity index (χ0) is 21.2. The molecule has 0 radical (unpaired) electrons. The van der Waals surface area contributed by atoms with E-state index in [9.17, 15) is 9.59 Å². The molecule has 2 aliphatic rings. The summed E-state index contributed by atoms with van der Waals surface area (Å²) < 4.78 is 4.00. The number of hydrogen-bond acceptors (Lipinski definition) is 2. The fourth-order valence-electron chi connectivity index (χ4n) is 2.55. The van der Waals surface area contributed by atoms with E-state index in [0.717, 1.165) is 56.5 Å². The van der Waals surface area contributed by atoms with E-state index in [-0.39, 0.29) is 11.3 Å². The second kappa shape index (κ2) is 13.6. The maximum atomic E-state index is 11.9. The minimum atomic E-state index is -0.271. The third-order valence-corrected chi connectivity index (χ3v) is 9.28. The smallest absolute Gasteiger partial charge is 0.235 e. The first-order chi connectivity index (χ1) is 12.5. The van der Waals surface area contributed by atoms with E-state index in [0.29, 0.717) is 25.3 Å². The Labute approximate surface area is 177 Å². The van der Waals surface area contributed by atoms with Gasteiger partial charge in [-0.1, -0.05) is 53.8 Å². The Hall–Kier alpha value is 0.430. The Morgan fingerprint density at radius 3 is 1.93 bits per heavy atom. The molecule has 2 amide bonds. The molecule has 2 saturated heterocycles. The molecule has 0 aromatic carbocycles. The quantitative estimate of drug-likeness (QED) is 0.362. The molecule has 6 atom stereocenters. The highest BCUT2D eigenvalue weighted by atomic mass is 35.5. The topological polar surface area (TPSA) is 40.6 Å². The van der Waals surface area contributed by atoms with Crippen molar-refractivity contribution in [1.29, 1.82) is 0 Å². The summed E-state index contributed by atoms with van der Waals surface area (Å²) in [4.78, 5) is 23.2. The van der Waals surface area contributed by atoms with Crippen LogP contribution in [0.15, 0.2) is 23.8 Å². The molecule has 0 aliphatic carbocycles. The van der Waals surface area contributed by atoms with Crippen LogP contribution in [0, 0.1) is 11.3 Å². The lowest BCUT2D eigenvalue weighted by molar-refractivity contribution is -0.129. The highest BCUT2D eigenvalue weighted by Crippen LogP contribution is 2.47. The first-order valence-electron chi connectivity index (χ1n) is 8.96. The van der Waals surface area contributed by atoms with Crippen LogP contribution in [0.3, 0.4) is 0 Å². The van der Waals surface area contributed by atoms with Gasteiger partial charge in [0, 0.05) is 40.9 Å². The van der Waals surface area contributed by atoms with Crippen LogP contribution >= 0.6 is 45.0 Å². The van der Waals surface area contributed by atoms with Gasteiger partial charge in [0.25, 0.3) is 0 Å². The van der Waals surface area contributed by atoms with Gasteiger partial charge in [-0.15, -0.1) is 0 Å². The lowest BCUT2D eigenvalue weighted by atomic mass is 9.82. The summed E-state index contributed by atoms with van der Waals surface area (Å²) >= 11 is 5.08. The van der Waals surface area contributed by atoms with Gasteiger partial charge < -0.3 is 9.34 Å². The van der Waals surface area contributed by atoms with Crippen molar-refractivity contribution in [3.05, 3.63) is 23.8 Å². The number of hydrogen-bond donors (Lipinski definition) is 0. The van der Waals surface area contributed by atoms with Crippen molar-refractivity contribution in [2.24, 2.45) is 11.3 Å². The van der Waals surface area contributed by atoms with Gasteiger partial charge in [-0.3, -0.25) is 9.59 Å². The number of allylic oxidation sites excluding steroid dienone is 1. The Morgan fingerprint density at radius 2 is 1.59 bits per heavy atom. The van der Waals surface area contributed by atoms with Gasteiger partial charge in [0.15, 0.2) is 0 Å². The molecule has 0 N–H and O–H groups in total. The SMILES string of the molecule is C=C(C)C1(C)CCN(PPC)C1=O.C=C(C)Cl.CPPN1CCC(C)C1=O. The Bertz CT molecular complexity index is 541. The van der Waals surface area contributed by atoms with E-state index < -0.39 is 0 Å². The summed E-state index contributed by atoms with van der Waals surface area (Å²) in [6, 6.07) is 0. The molecule has 0 bridgehead atoms. The average molecular weight is 471 g/mol. The molecular formula is C18H35ClN2O2P4. The second-order valence-electron chi connectivity index (χ2n) is 6.90.